The van der Waals surface area contributed by atoms with Gasteiger partial charge in [-0.2, -0.15) is 0 Å². The Kier molecular flexibility index (Phi) is 5.95. The van der Waals surface area contributed by atoms with Crippen LogP contribution < -0.4 is 10.5 Å². The highest BCUT2D eigenvalue weighted by Gasteiger charge is 2.24. The average Bonchev–Trinajstić information content (AvgIpc) is 2.75. The number of hydrogen-bond donors (Lipinski definition) is 1. The largest absolute Gasteiger partial charge is 0.331 e. The van der Waals surface area contributed by atoms with E-state index in [2.05, 4.69) is 36.2 Å². The van der Waals surface area contributed by atoms with Gasteiger partial charge in [0.1, 0.15) is 12.4 Å². The van der Waals surface area contributed by atoms with Gasteiger partial charge in [-0.3, -0.25) is 14.2 Å². The van der Waals surface area contributed by atoms with Crippen molar-refractivity contribution in [2.24, 2.45) is 7.05 Å². The monoisotopic (exact) mass is 405 g/mol. The molecule has 0 spiro atoms. The van der Waals surface area contributed by atoms with Crippen molar-refractivity contribution in [1.82, 2.24) is 14.5 Å². The second-order valence-electron chi connectivity index (χ2n) is 8.21. The van der Waals surface area contributed by atoms with Gasteiger partial charge in [-0.25, -0.2) is 4.98 Å². The number of carbonyl (C=O) groups excluding carboxylic acids is 1. The zero-order chi connectivity index (χ0) is 21.1. The van der Waals surface area contributed by atoms with E-state index in [1.807, 2.05) is 23.1 Å². The maximum absolute atomic E-state index is 12.7. The summed E-state index contributed by atoms with van der Waals surface area (Å²) in [5, 5.41) is 0.614. The molecule has 6 heteroatoms. The lowest BCUT2D eigenvalue weighted by atomic mass is 10.1. The van der Waals surface area contributed by atoms with Gasteiger partial charge in [0.2, 0.25) is 5.91 Å². The number of aromatic nitrogens is 2. The topological polar surface area (TPSA) is 59.6 Å². The predicted octanol–water partition coefficient (Wildman–Crippen LogP) is 1.10. The van der Waals surface area contributed by atoms with Gasteiger partial charge in [-0.15, -0.1) is 0 Å². The molecule has 0 saturated carbocycles. The van der Waals surface area contributed by atoms with Gasteiger partial charge < -0.3 is 9.80 Å². The summed E-state index contributed by atoms with van der Waals surface area (Å²) in [7, 11) is 1.73. The fourth-order valence-corrected chi connectivity index (χ4v) is 4.22. The number of hydrogen-bond acceptors (Lipinski definition) is 3. The number of carbonyl (C=O) groups is 1. The Bertz CT molecular complexity index is 1110. The van der Waals surface area contributed by atoms with Crippen molar-refractivity contribution < 1.29 is 9.69 Å². The molecule has 2 heterocycles. The highest BCUT2D eigenvalue weighted by Crippen LogP contribution is 2.09. The van der Waals surface area contributed by atoms with Crippen molar-refractivity contribution in [3.8, 4) is 0 Å². The van der Waals surface area contributed by atoms with E-state index >= 15 is 0 Å². The van der Waals surface area contributed by atoms with Gasteiger partial charge >= 0.3 is 0 Å². The molecule has 1 aromatic heterocycles. The lowest BCUT2D eigenvalue weighted by Gasteiger charge is -2.32. The van der Waals surface area contributed by atoms with Gasteiger partial charge in [-0.1, -0.05) is 42.0 Å². The molecular formula is C24H29N4O2+. The first kappa shape index (κ1) is 20.3. The highest BCUT2D eigenvalue weighted by atomic mass is 16.2. The Morgan fingerprint density at radius 3 is 2.63 bits per heavy atom. The van der Waals surface area contributed by atoms with E-state index < -0.39 is 0 Å². The number of nitrogens with one attached hydrogen (secondary N) is 1. The van der Waals surface area contributed by atoms with Gasteiger partial charge in [-0.05, 0) is 19.1 Å². The molecule has 30 heavy (non-hydrogen) atoms. The minimum absolute atomic E-state index is 0.0589. The Hall–Kier alpha value is -2.99. The number of fused-ring (bicyclic) bond motifs is 1. The summed E-state index contributed by atoms with van der Waals surface area (Å²) in [5.41, 5.74) is 3.28. The van der Waals surface area contributed by atoms with Crippen LogP contribution in [0.15, 0.2) is 53.3 Å². The van der Waals surface area contributed by atoms with E-state index in [1.165, 1.54) is 16.0 Å². The molecule has 2 aromatic carbocycles. The fourth-order valence-electron chi connectivity index (χ4n) is 4.22. The Balaban J connectivity index is 1.33. The molecule has 0 unspecified atom stereocenters. The van der Waals surface area contributed by atoms with Gasteiger partial charge in [0.05, 0.1) is 37.1 Å². The maximum atomic E-state index is 12.7. The van der Waals surface area contributed by atoms with Crippen LogP contribution >= 0.6 is 0 Å². The number of nitrogens with zero attached hydrogens (tertiary/aromatic N) is 3. The van der Waals surface area contributed by atoms with E-state index in [-0.39, 0.29) is 11.5 Å². The highest BCUT2D eigenvalue weighted by molar-refractivity contribution is 5.78. The van der Waals surface area contributed by atoms with Crippen molar-refractivity contribution in [1.29, 1.82) is 0 Å². The summed E-state index contributed by atoms with van der Waals surface area (Å²) in [5.74, 6) is 0.808. The van der Waals surface area contributed by atoms with E-state index in [0.29, 0.717) is 29.6 Å². The minimum atomic E-state index is -0.0589. The van der Waals surface area contributed by atoms with Crippen molar-refractivity contribution >= 4 is 16.8 Å². The van der Waals surface area contributed by atoms with Crippen LogP contribution in [0.5, 0.6) is 0 Å². The second kappa shape index (κ2) is 8.79. The molecule has 1 aliphatic heterocycles. The molecule has 6 nitrogen and oxygen atoms in total. The first-order valence-corrected chi connectivity index (χ1v) is 10.6. The molecule has 0 bridgehead atoms. The third-order valence-corrected chi connectivity index (χ3v) is 6.00. The number of piperazine rings is 1. The van der Waals surface area contributed by atoms with Crippen LogP contribution in [0.3, 0.4) is 0 Å². The summed E-state index contributed by atoms with van der Waals surface area (Å²) >= 11 is 0. The molecule has 1 N–H and O–H groups in total. The van der Waals surface area contributed by atoms with Crippen LogP contribution in [0, 0.1) is 6.92 Å². The number of quaternary nitrogens is 1. The molecule has 1 saturated heterocycles. The van der Waals surface area contributed by atoms with Crippen LogP contribution in [0.1, 0.15) is 23.4 Å². The molecule has 4 rings (SSSR count). The van der Waals surface area contributed by atoms with Crippen LogP contribution in [0.4, 0.5) is 0 Å². The number of rotatable bonds is 5. The molecule has 0 atom stereocenters. The third-order valence-electron chi connectivity index (χ3n) is 6.00. The van der Waals surface area contributed by atoms with Crippen molar-refractivity contribution in [2.75, 3.05) is 26.2 Å². The van der Waals surface area contributed by atoms with E-state index in [1.54, 1.807) is 17.7 Å². The predicted molar refractivity (Wildman–Crippen MR) is 117 cm³/mol. The molecule has 0 aliphatic carbocycles. The smallest absolute Gasteiger partial charge is 0.261 e. The van der Waals surface area contributed by atoms with Crippen LogP contribution in [0.25, 0.3) is 10.9 Å². The summed E-state index contributed by atoms with van der Waals surface area (Å²) in [6.45, 7) is 6.62. The summed E-state index contributed by atoms with van der Waals surface area (Å²) < 4.78 is 1.57. The standard InChI is InChI=1S/C24H28N4O2/c1-18-6-5-7-19(16-18)17-27-12-14-28(15-13-27)23(29)11-10-22-25-21-9-4-3-8-20(21)24(30)26(22)2/h3-9,16H,10-15,17H2,1-2H3/p+1. The first-order valence-electron chi connectivity index (χ1n) is 10.6. The summed E-state index contributed by atoms with van der Waals surface area (Å²) in [4.78, 5) is 33.4. The Morgan fingerprint density at radius 1 is 1.10 bits per heavy atom. The average molecular weight is 406 g/mol. The molecule has 3 aromatic rings. The number of benzene rings is 2. The molecule has 1 amide bonds. The zero-order valence-corrected chi connectivity index (χ0v) is 17.7. The van der Waals surface area contributed by atoms with Gasteiger partial charge in [0.15, 0.2) is 0 Å². The lowest BCUT2D eigenvalue weighted by molar-refractivity contribution is -0.917. The van der Waals surface area contributed by atoms with Crippen molar-refractivity contribution in [3.05, 3.63) is 75.8 Å². The molecular weight excluding hydrogens is 376 g/mol. The van der Waals surface area contributed by atoms with Gasteiger partial charge in [0, 0.05) is 25.5 Å². The Labute approximate surface area is 176 Å². The Morgan fingerprint density at radius 2 is 1.87 bits per heavy atom. The van der Waals surface area contributed by atoms with Crippen LogP contribution in [-0.2, 0) is 24.8 Å². The fraction of sp³-hybridized carbons (Fsp3) is 0.375. The quantitative estimate of drug-likeness (QED) is 0.692. The first-order chi connectivity index (χ1) is 14.5. The molecule has 0 radical (unpaired) electrons. The van der Waals surface area contributed by atoms with Crippen molar-refractivity contribution in [3.63, 3.8) is 0 Å². The van der Waals surface area contributed by atoms with E-state index in [4.69, 9.17) is 0 Å². The maximum Gasteiger partial charge on any atom is 0.261 e. The second-order valence-corrected chi connectivity index (χ2v) is 8.21. The van der Waals surface area contributed by atoms with E-state index in [9.17, 15) is 9.59 Å². The summed E-state index contributed by atoms with van der Waals surface area (Å²) in [6, 6.07) is 16.0. The number of para-hydroxylation sites is 1. The van der Waals surface area contributed by atoms with Gasteiger partial charge in [0.25, 0.3) is 5.56 Å². The lowest BCUT2D eigenvalue weighted by Crippen LogP contribution is -3.13. The third kappa shape index (κ3) is 4.44. The van der Waals surface area contributed by atoms with Crippen molar-refractivity contribution in [2.45, 2.75) is 26.3 Å². The normalized spacial score (nSPS) is 14.9. The number of aryl methyl sites for hydroxylation is 2. The molecule has 1 fully saturated rings. The number of amides is 1. The molecule has 156 valence electrons. The van der Waals surface area contributed by atoms with E-state index in [0.717, 1.165) is 32.7 Å². The molecule has 1 aliphatic rings. The minimum Gasteiger partial charge on any atom is -0.331 e. The summed E-state index contributed by atoms with van der Waals surface area (Å²) in [6.07, 6.45) is 0.859. The van der Waals surface area contributed by atoms with Crippen LogP contribution in [-0.4, -0.2) is 46.5 Å². The SMILES string of the molecule is Cc1cccc(C[NH+]2CCN(C(=O)CCc3nc4ccccc4c(=O)n3C)CC2)c1. The zero-order valence-electron chi connectivity index (χ0n) is 17.7. The van der Waals surface area contributed by atoms with Crippen LogP contribution in [0.2, 0.25) is 0 Å².